The molecule has 0 radical (unpaired) electrons. The summed E-state index contributed by atoms with van der Waals surface area (Å²) < 4.78 is 1.78. The van der Waals surface area contributed by atoms with Gasteiger partial charge in [0.05, 0.1) is 5.69 Å². The van der Waals surface area contributed by atoms with Gasteiger partial charge in [0.1, 0.15) is 11.5 Å². The molecule has 3 N–H and O–H groups in total. The van der Waals surface area contributed by atoms with E-state index in [1.165, 1.54) is 6.07 Å². The van der Waals surface area contributed by atoms with Crippen LogP contribution in [0.1, 0.15) is 11.3 Å². The summed E-state index contributed by atoms with van der Waals surface area (Å²) in [5.74, 6) is 0.185. The molecule has 18 heavy (non-hydrogen) atoms. The maximum Gasteiger partial charge on any atom is 0.123 e. The zero-order valence-corrected chi connectivity index (χ0v) is 10.3. The predicted molar refractivity (Wildman–Crippen MR) is 68.4 cm³/mol. The molecule has 0 unspecified atom stereocenters. The number of phenols is 2. The Kier molecular flexibility index (Phi) is 3.84. The molecule has 0 aliphatic rings. The fourth-order valence-corrected chi connectivity index (χ4v) is 1.74. The van der Waals surface area contributed by atoms with E-state index in [0.717, 1.165) is 24.2 Å². The predicted octanol–water partition coefficient (Wildman–Crippen LogP) is 1.16. The Hall–Kier alpha value is -2.01. The maximum atomic E-state index is 9.60. The molecule has 1 aromatic carbocycles. The average Bonchev–Trinajstić information content (AvgIpc) is 2.73. The Morgan fingerprint density at radius 1 is 1.28 bits per heavy atom. The van der Waals surface area contributed by atoms with E-state index in [0.29, 0.717) is 6.54 Å². The number of aromatic hydroxyl groups is 2. The zero-order valence-electron chi connectivity index (χ0n) is 10.3. The van der Waals surface area contributed by atoms with E-state index < -0.39 is 0 Å². The molecule has 0 amide bonds. The van der Waals surface area contributed by atoms with Gasteiger partial charge in [-0.25, -0.2) is 0 Å². The number of benzene rings is 1. The summed E-state index contributed by atoms with van der Waals surface area (Å²) in [6.45, 7) is 1.36. The van der Waals surface area contributed by atoms with E-state index in [1.54, 1.807) is 16.8 Å². The molecule has 96 valence electrons. The molecule has 0 atom stereocenters. The minimum atomic E-state index is 0.0738. The van der Waals surface area contributed by atoms with Gasteiger partial charge in [0.15, 0.2) is 0 Å². The highest BCUT2D eigenvalue weighted by Crippen LogP contribution is 2.22. The van der Waals surface area contributed by atoms with Crippen molar-refractivity contribution in [1.82, 2.24) is 15.1 Å². The van der Waals surface area contributed by atoms with E-state index in [4.69, 9.17) is 5.11 Å². The first-order valence-corrected chi connectivity index (χ1v) is 5.85. The first-order valence-electron chi connectivity index (χ1n) is 5.85. The summed E-state index contributed by atoms with van der Waals surface area (Å²) in [6.07, 6.45) is 2.76. The highest BCUT2D eigenvalue weighted by atomic mass is 16.3. The van der Waals surface area contributed by atoms with Crippen molar-refractivity contribution in [3.63, 3.8) is 0 Å². The molecule has 5 heteroatoms. The number of nitrogens with zero attached hydrogens (tertiary/aromatic N) is 2. The number of rotatable bonds is 5. The molecular formula is C13H17N3O2. The number of hydrogen-bond acceptors (Lipinski definition) is 4. The zero-order chi connectivity index (χ0) is 13.0. The van der Waals surface area contributed by atoms with Gasteiger partial charge in [-0.2, -0.15) is 5.10 Å². The van der Waals surface area contributed by atoms with Gasteiger partial charge in [-0.15, -0.1) is 0 Å². The molecule has 0 saturated heterocycles. The SMILES string of the molecule is Cn1ccc(CCNCc2ccc(O)cc2O)n1. The fourth-order valence-electron chi connectivity index (χ4n) is 1.74. The molecule has 0 bridgehead atoms. The van der Waals surface area contributed by atoms with Crippen molar-refractivity contribution < 1.29 is 10.2 Å². The van der Waals surface area contributed by atoms with Gasteiger partial charge in [0.25, 0.3) is 0 Å². The van der Waals surface area contributed by atoms with Crippen LogP contribution in [0.3, 0.4) is 0 Å². The molecule has 0 aliphatic carbocycles. The third-order valence-corrected chi connectivity index (χ3v) is 2.71. The minimum Gasteiger partial charge on any atom is -0.508 e. The average molecular weight is 247 g/mol. The van der Waals surface area contributed by atoms with E-state index in [2.05, 4.69) is 10.4 Å². The molecule has 1 heterocycles. The second-order valence-electron chi connectivity index (χ2n) is 4.22. The van der Waals surface area contributed by atoms with Crippen LogP contribution in [0.5, 0.6) is 11.5 Å². The molecular weight excluding hydrogens is 230 g/mol. The van der Waals surface area contributed by atoms with E-state index in [1.807, 2.05) is 19.3 Å². The van der Waals surface area contributed by atoms with Crippen LogP contribution >= 0.6 is 0 Å². The molecule has 2 rings (SSSR count). The highest BCUT2D eigenvalue weighted by molar-refractivity contribution is 5.38. The molecule has 0 saturated carbocycles. The molecule has 0 fully saturated rings. The summed E-state index contributed by atoms with van der Waals surface area (Å²) in [7, 11) is 1.89. The van der Waals surface area contributed by atoms with Crippen LogP contribution in [-0.4, -0.2) is 26.5 Å². The lowest BCUT2D eigenvalue weighted by molar-refractivity contribution is 0.444. The van der Waals surface area contributed by atoms with Crippen molar-refractivity contribution in [2.45, 2.75) is 13.0 Å². The first-order chi connectivity index (χ1) is 8.65. The summed E-state index contributed by atoms with van der Waals surface area (Å²) in [5.41, 5.74) is 1.81. The van der Waals surface area contributed by atoms with E-state index in [-0.39, 0.29) is 11.5 Å². The van der Waals surface area contributed by atoms with Crippen LogP contribution in [0.4, 0.5) is 0 Å². The van der Waals surface area contributed by atoms with Crippen molar-refractivity contribution in [3.05, 3.63) is 41.7 Å². The van der Waals surface area contributed by atoms with Crippen LogP contribution in [0.25, 0.3) is 0 Å². The number of phenolic OH excluding ortho intramolecular Hbond substituents is 2. The summed E-state index contributed by atoms with van der Waals surface area (Å²) in [5, 5.41) is 26.3. The molecule has 1 aromatic heterocycles. The number of nitrogens with one attached hydrogen (secondary N) is 1. The largest absolute Gasteiger partial charge is 0.508 e. The van der Waals surface area contributed by atoms with Crippen LogP contribution in [0, 0.1) is 0 Å². The molecule has 0 spiro atoms. The molecule has 2 aromatic rings. The minimum absolute atomic E-state index is 0.0738. The molecule has 0 aliphatic heterocycles. The summed E-state index contributed by atoms with van der Waals surface area (Å²) in [6, 6.07) is 6.60. The smallest absolute Gasteiger partial charge is 0.123 e. The van der Waals surface area contributed by atoms with Gasteiger partial charge in [0, 0.05) is 44.4 Å². The van der Waals surface area contributed by atoms with Crippen molar-refractivity contribution in [3.8, 4) is 11.5 Å². The standard InChI is InChI=1S/C13H17N3O2/c1-16-7-5-11(15-16)4-6-14-9-10-2-3-12(17)8-13(10)18/h2-3,5,7-8,14,17-18H,4,6,9H2,1H3. The van der Waals surface area contributed by atoms with Crippen molar-refractivity contribution >= 4 is 0 Å². The first kappa shape index (κ1) is 12.4. The van der Waals surface area contributed by atoms with Crippen molar-refractivity contribution in [2.75, 3.05) is 6.54 Å². The Bertz CT molecular complexity index is 523. The Morgan fingerprint density at radius 2 is 2.11 bits per heavy atom. The summed E-state index contributed by atoms with van der Waals surface area (Å²) >= 11 is 0. The van der Waals surface area contributed by atoms with Crippen molar-refractivity contribution in [2.24, 2.45) is 7.05 Å². The van der Waals surface area contributed by atoms with Gasteiger partial charge < -0.3 is 15.5 Å². The third kappa shape index (κ3) is 3.24. The fraction of sp³-hybridized carbons (Fsp3) is 0.308. The number of aromatic nitrogens is 2. The lowest BCUT2D eigenvalue weighted by atomic mass is 10.2. The Balaban J connectivity index is 1.78. The Labute approximate surface area is 106 Å². The van der Waals surface area contributed by atoms with Crippen LogP contribution in [0.2, 0.25) is 0 Å². The Morgan fingerprint density at radius 3 is 2.78 bits per heavy atom. The molecule has 5 nitrogen and oxygen atoms in total. The van der Waals surface area contributed by atoms with Gasteiger partial charge >= 0.3 is 0 Å². The van der Waals surface area contributed by atoms with Gasteiger partial charge in [0.2, 0.25) is 0 Å². The van der Waals surface area contributed by atoms with E-state index >= 15 is 0 Å². The van der Waals surface area contributed by atoms with Gasteiger partial charge in [-0.3, -0.25) is 4.68 Å². The lowest BCUT2D eigenvalue weighted by Crippen LogP contribution is -2.17. The van der Waals surface area contributed by atoms with Crippen LogP contribution < -0.4 is 5.32 Å². The van der Waals surface area contributed by atoms with Crippen LogP contribution in [-0.2, 0) is 20.0 Å². The maximum absolute atomic E-state index is 9.60. The van der Waals surface area contributed by atoms with E-state index in [9.17, 15) is 5.11 Å². The second-order valence-corrected chi connectivity index (χ2v) is 4.22. The highest BCUT2D eigenvalue weighted by Gasteiger charge is 2.02. The third-order valence-electron chi connectivity index (χ3n) is 2.71. The number of aryl methyl sites for hydroxylation is 1. The van der Waals surface area contributed by atoms with Gasteiger partial charge in [-0.05, 0) is 12.1 Å². The topological polar surface area (TPSA) is 70.3 Å². The van der Waals surface area contributed by atoms with Crippen LogP contribution in [0.15, 0.2) is 30.5 Å². The normalized spacial score (nSPS) is 10.7. The monoisotopic (exact) mass is 247 g/mol. The quantitative estimate of drug-likeness (QED) is 0.693. The number of hydrogen-bond donors (Lipinski definition) is 3. The second kappa shape index (κ2) is 5.55. The summed E-state index contributed by atoms with van der Waals surface area (Å²) in [4.78, 5) is 0. The van der Waals surface area contributed by atoms with Gasteiger partial charge in [-0.1, -0.05) is 6.07 Å². The lowest BCUT2D eigenvalue weighted by Gasteiger charge is -2.06. The van der Waals surface area contributed by atoms with Crippen molar-refractivity contribution in [1.29, 1.82) is 0 Å².